The summed E-state index contributed by atoms with van der Waals surface area (Å²) in [4.78, 5) is 14.3. The largest absolute Gasteiger partial charge is 0.467 e. The van der Waals surface area contributed by atoms with Crippen molar-refractivity contribution in [1.29, 1.82) is 0 Å². The van der Waals surface area contributed by atoms with Crippen molar-refractivity contribution in [3.63, 3.8) is 0 Å². The van der Waals surface area contributed by atoms with E-state index in [9.17, 15) is 4.79 Å². The van der Waals surface area contributed by atoms with E-state index >= 15 is 0 Å². The van der Waals surface area contributed by atoms with Gasteiger partial charge < -0.3 is 19.1 Å². The van der Waals surface area contributed by atoms with Gasteiger partial charge in [-0.15, -0.1) is 0 Å². The summed E-state index contributed by atoms with van der Waals surface area (Å²) in [6.45, 7) is 1.95. The predicted molar refractivity (Wildman–Crippen MR) is 77.3 cm³/mol. The van der Waals surface area contributed by atoms with Gasteiger partial charge in [0.1, 0.15) is 11.5 Å². The maximum Gasteiger partial charge on any atom is 0.224 e. The van der Waals surface area contributed by atoms with E-state index in [4.69, 9.17) is 8.83 Å². The first-order valence-electron chi connectivity index (χ1n) is 7.37. The lowest BCUT2D eigenvalue weighted by Crippen LogP contribution is -2.35. The number of amides is 1. The molecule has 0 bridgehead atoms. The molecule has 5 nitrogen and oxygen atoms in total. The van der Waals surface area contributed by atoms with Crippen LogP contribution in [0, 0.1) is 0 Å². The average molecular weight is 288 g/mol. The molecule has 1 unspecified atom stereocenters. The summed E-state index contributed by atoms with van der Waals surface area (Å²) in [5, 5.41) is 3.37. The number of nitrogens with zero attached hydrogens (tertiary/aromatic N) is 1. The summed E-state index contributed by atoms with van der Waals surface area (Å²) < 4.78 is 10.7. The highest BCUT2D eigenvalue weighted by molar-refractivity contribution is 5.76. The second-order valence-electron chi connectivity index (χ2n) is 5.41. The molecule has 21 heavy (non-hydrogen) atoms. The first-order chi connectivity index (χ1) is 10.3. The van der Waals surface area contributed by atoms with E-state index in [0.29, 0.717) is 25.6 Å². The molecule has 1 atom stereocenters. The maximum absolute atomic E-state index is 12.6. The van der Waals surface area contributed by atoms with Gasteiger partial charge in [-0.05, 0) is 43.7 Å². The number of furan rings is 2. The molecule has 2 aromatic rings. The van der Waals surface area contributed by atoms with Crippen molar-refractivity contribution in [3.05, 3.63) is 48.3 Å². The van der Waals surface area contributed by atoms with Crippen LogP contribution < -0.4 is 5.32 Å². The molecule has 1 saturated heterocycles. The normalized spacial score (nSPS) is 18.0. The molecule has 3 heterocycles. The third kappa shape index (κ3) is 3.76. The highest BCUT2D eigenvalue weighted by Gasteiger charge is 2.23. The van der Waals surface area contributed by atoms with Crippen molar-refractivity contribution in [2.45, 2.75) is 38.4 Å². The van der Waals surface area contributed by atoms with Gasteiger partial charge in [0.25, 0.3) is 0 Å². The minimum Gasteiger partial charge on any atom is -0.467 e. The zero-order valence-corrected chi connectivity index (χ0v) is 12.0. The van der Waals surface area contributed by atoms with Crippen LogP contribution in [0.2, 0.25) is 0 Å². The monoisotopic (exact) mass is 288 g/mol. The Balaban J connectivity index is 1.66. The molecule has 1 aliphatic heterocycles. The summed E-state index contributed by atoms with van der Waals surface area (Å²) in [6, 6.07) is 7.74. The minimum absolute atomic E-state index is 0.127. The molecule has 112 valence electrons. The number of nitrogens with one attached hydrogen (secondary N) is 1. The Morgan fingerprint density at radius 1 is 1.19 bits per heavy atom. The van der Waals surface area contributed by atoms with Crippen molar-refractivity contribution in [2.75, 3.05) is 6.54 Å². The van der Waals surface area contributed by atoms with Gasteiger partial charge in [0.05, 0.1) is 25.6 Å². The third-order valence-corrected chi connectivity index (χ3v) is 3.79. The molecule has 5 heteroatoms. The summed E-state index contributed by atoms with van der Waals surface area (Å²) in [6.07, 6.45) is 6.00. The molecule has 0 radical (unpaired) electrons. The lowest BCUT2D eigenvalue weighted by Gasteiger charge is -2.22. The van der Waals surface area contributed by atoms with Crippen LogP contribution in [0.4, 0.5) is 0 Å². The van der Waals surface area contributed by atoms with Gasteiger partial charge in [-0.1, -0.05) is 0 Å². The number of carbonyl (C=O) groups is 1. The molecular formula is C16H20N2O3. The Labute approximate surface area is 123 Å². The molecule has 0 saturated carbocycles. The SMILES string of the molecule is O=C(CC1CCCN1)N(Cc1ccco1)Cc1ccco1. The van der Waals surface area contributed by atoms with E-state index in [1.54, 1.807) is 17.4 Å². The van der Waals surface area contributed by atoms with E-state index in [2.05, 4.69) is 5.32 Å². The van der Waals surface area contributed by atoms with E-state index in [-0.39, 0.29) is 5.91 Å². The molecule has 1 amide bonds. The standard InChI is InChI=1S/C16H20N2O3/c19-16(10-13-4-1-7-17-13)18(11-14-5-2-8-20-14)12-15-6-3-9-21-15/h2-3,5-6,8-9,13,17H,1,4,7,10-12H2. The smallest absolute Gasteiger partial charge is 0.224 e. The van der Waals surface area contributed by atoms with Crippen molar-refractivity contribution >= 4 is 5.91 Å². The second kappa shape index (κ2) is 6.63. The lowest BCUT2D eigenvalue weighted by atomic mass is 10.1. The van der Waals surface area contributed by atoms with Gasteiger partial charge in [-0.25, -0.2) is 0 Å². The fourth-order valence-electron chi connectivity index (χ4n) is 2.68. The lowest BCUT2D eigenvalue weighted by molar-refractivity contribution is -0.133. The van der Waals surface area contributed by atoms with Crippen molar-refractivity contribution in [2.24, 2.45) is 0 Å². The van der Waals surface area contributed by atoms with Gasteiger partial charge in [0.15, 0.2) is 0 Å². The molecule has 0 spiro atoms. The van der Waals surface area contributed by atoms with Gasteiger partial charge in [0.2, 0.25) is 5.91 Å². The van der Waals surface area contributed by atoms with E-state index < -0.39 is 0 Å². The van der Waals surface area contributed by atoms with Gasteiger partial charge in [-0.3, -0.25) is 4.79 Å². The Morgan fingerprint density at radius 3 is 2.33 bits per heavy atom. The average Bonchev–Trinajstić information content (AvgIpc) is 3.21. The zero-order chi connectivity index (χ0) is 14.5. The highest BCUT2D eigenvalue weighted by Crippen LogP contribution is 2.16. The molecule has 1 N–H and O–H groups in total. The van der Waals surface area contributed by atoms with Gasteiger partial charge in [0, 0.05) is 12.5 Å². The van der Waals surface area contributed by atoms with Crippen molar-refractivity contribution in [1.82, 2.24) is 10.2 Å². The third-order valence-electron chi connectivity index (χ3n) is 3.79. The topological polar surface area (TPSA) is 58.6 Å². The highest BCUT2D eigenvalue weighted by atomic mass is 16.3. The Morgan fingerprint density at radius 2 is 1.86 bits per heavy atom. The van der Waals surface area contributed by atoms with Crippen LogP contribution >= 0.6 is 0 Å². The maximum atomic E-state index is 12.6. The number of hydrogen-bond acceptors (Lipinski definition) is 4. The summed E-state index contributed by atoms with van der Waals surface area (Å²) >= 11 is 0. The minimum atomic E-state index is 0.127. The van der Waals surface area contributed by atoms with Crippen LogP contribution in [0.25, 0.3) is 0 Å². The van der Waals surface area contributed by atoms with Gasteiger partial charge in [-0.2, -0.15) is 0 Å². The zero-order valence-electron chi connectivity index (χ0n) is 12.0. The summed E-state index contributed by atoms with van der Waals surface area (Å²) in [5.74, 6) is 1.70. The van der Waals surface area contributed by atoms with Crippen LogP contribution in [0.3, 0.4) is 0 Å². The molecule has 1 aliphatic rings. The second-order valence-corrected chi connectivity index (χ2v) is 5.41. The molecule has 0 aliphatic carbocycles. The Bertz CT molecular complexity index is 506. The first kappa shape index (κ1) is 13.9. The van der Waals surface area contributed by atoms with Crippen molar-refractivity contribution in [3.8, 4) is 0 Å². The van der Waals surface area contributed by atoms with Crippen molar-refractivity contribution < 1.29 is 13.6 Å². The molecule has 1 fully saturated rings. The van der Waals surface area contributed by atoms with Crippen LogP contribution in [-0.4, -0.2) is 23.4 Å². The van der Waals surface area contributed by atoms with Crippen LogP contribution in [0.1, 0.15) is 30.8 Å². The fraction of sp³-hybridized carbons (Fsp3) is 0.438. The van der Waals surface area contributed by atoms with Crippen LogP contribution in [0.5, 0.6) is 0 Å². The van der Waals surface area contributed by atoms with E-state index in [1.165, 1.54) is 0 Å². The van der Waals surface area contributed by atoms with E-state index in [1.807, 2.05) is 24.3 Å². The molecule has 2 aromatic heterocycles. The van der Waals surface area contributed by atoms with E-state index in [0.717, 1.165) is 30.9 Å². The van der Waals surface area contributed by atoms with Crippen LogP contribution in [0.15, 0.2) is 45.6 Å². The Kier molecular flexibility index (Phi) is 4.40. The quantitative estimate of drug-likeness (QED) is 0.887. The number of carbonyl (C=O) groups excluding carboxylic acids is 1. The molecular weight excluding hydrogens is 268 g/mol. The van der Waals surface area contributed by atoms with Gasteiger partial charge >= 0.3 is 0 Å². The fourth-order valence-corrected chi connectivity index (χ4v) is 2.68. The first-order valence-corrected chi connectivity index (χ1v) is 7.37. The summed E-state index contributed by atoms with van der Waals surface area (Å²) in [5.41, 5.74) is 0. The Hall–Kier alpha value is -2.01. The number of hydrogen-bond donors (Lipinski definition) is 1. The molecule has 0 aromatic carbocycles. The summed E-state index contributed by atoms with van der Waals surface area (Å²) in [7, 11) is 0. The molecule has 3 rings (SSSR count). The van der Waals surface area contributed by atoms with Crippen LogP contribution in [-0.2, 0) is 17.9 Å². The predicted octanol–water partition coefficient (Wildman–Crippen LogP) is 2.54. The number of rotatable bonds is 6.